The Morgan fingerprint density at radius 3 is 2.61 bits per heavy atom. The predicted octanol–water partition coefficient (Wildman–Crippen LogP) is 2.76. The van der Waals surface area contributed by atoms with Crippen LogP contribution in [0.25, 0.3) is 0 Å². The molecule has 0 bridgehead atoms. The van der Waals surface area contributed by atoms with Crippen molar-refractivity contribution in [2.45, 2.75) is 26.7 Å². The van der Waals surface area contributed by atoms with Gasteiger partial charge in [0.15, 0.2) is 5.75 Å². The molecule has 0 saturated heterocycles. The second kappa shape index (κ2) is 6.14. The van der Waals surface area contributed by atoms with Crippen molar-refractivity contribution in [2.75, 3.05) is 7.11 Å². The topological polar surface area (TPSA) is 69.4 Å². The number of methoxy groups -OCH3 is 1. The molecule has 0 fully saturated rings. The number of nitro groups is 1. The van der Waals surface area contributed by atoms with Gasteiger partial charge in [-0.25, -0.2) is 0 Å². The van der Waals surface area contributed by atoms with Crippen LogP contribution in [0.1, 0.15) is 25.8 Å². The first-order chi connectivity index (χ1) is 8.45. The number of ether oxygens (including phenoxy) is 1. The average Bonchev–Trinajstić information content (AvgIpc) is 2.35. The molecule has 0 spiro atoms. The Bertz CT molecular complexity index is 454. The minimum atomic E-state index is -0.480. The molecule has 18 heavy (non-hydrogen) atoms. The van der Waals surface area contributed by atoms with Crippen LogP contribution in [0.5, 0.6) is 5.75 Å². The number of rotatable bonds is 6. The van der Waals surface area contributed by atoms with Crippen LogP contribution in [0.3, 0.4) is 0 Å². The zero-order valence-corrected chi connectivity index (χ0v) is 10.8. The van der Waals surface area contributed by atoms with Gasteiger partial charge in [0.25, 0.3) is 0 Å². The summed E-state index contributed by atoms with van der Waals surface area (Å²) in [6, 6.07) is 4.78. The molecule has 0 aromatic heterocycles. The fourth-order valence-electron chi connectivity index (χ4n) is 1.59. The summed E-state index contributed by atoms with van der Waals surface area (Å²) in [4.78, 5) is 21.9. The maximum Gasteiger partial charge on any atom is 0.311 e. The van der Waals surface area contributed by atoms with E-state index in [1.807, 2.05) is 13.8 Å². The number of hydrogen-bond donors (Lipinski definition) is 0. The number of Topliss-reactive ketones (excluding diaryl/α,β-unsaturated/α-hetero) is 1. The van der Waals surface area contributed by atoms with Crippen molar-refractivity contribution in [1.29, 1.82) is 0 Å². The summed E-state index contributed by atoms with van der Waals surface area (Å²) >= 11 is 0. The molecule has 0 amide bonds. The van der Waals surface area contributed by atoms with E-state index in [4.69, 9.17) is 4.74 Å². The van der Waals surface area contributed by atoms with Gasteiger partial charge >= 0.3 is 5.69 Å². The van der Waals surface area contributed by atoms with Crippen LogP contribution in [0.15, 0.2) is 18.2 Å². The van der Waals surface area contributed by atoms with Crippen LogP contribution in [-0.2, 0) is 11.2 Å². The fraction of sp³-hybridized carbons (Fsp3) is 0.462. The number of nitrogens with zero attached hydrogens (tertiary/aromatic N) is 1. The van der Waals surface area contributed by atoms with E-state index >= 15 is 0 Å². The molecule has 1 aromatic carbocycles. The van der Waals surface area contributed by atoms with Gasteiger partial charge in [-0.05, 0) is 18.1 Å². The first-order valence-electron chi connectivity index (χ1n) is 5.79. The largest absolute Gasteiger partial charge is 0.490 e. The first-order valence-corrected chi connectivity index (χ1v) is 5.79. The van der Waals surface area contributed by atoms with Gasteiger partial charge in [0.1, 0.15) is 5.78 Å². The van der Waals surface area contributed by atoms with Crippen molar-refractivity contribution in [1.82, 2.24) is 0 Å². The second-order valence-electron chi connectivity index (χ2n) is 4.38. The SMILES string of the molecule is COc1ccc(CCC(=O)C(C)C)cc1[N+](=O)[O-]. The third-order valence-electron chi connectivity index (χ3n) is 2.74. The van der Waals surface area contributed by atoms with Crippen molar-refractivity contribution in [3.05, 3.63) is 33.9 Å². The standard InChI is InChI=1S/C13H17NO4/c1-9(2)12(15)6-4-10-5-7-13(18-3)11(8-10)14(16)17/h5,7-9H,4,6H2,1-3H3. The molecular formula is C13H17NO4. The Labute approximate surface area is 106 Å². The van der Waals surface area contributed by atoms with Gasteiger partial charge in [-0.1, -0.05) is 19.9 Å². The summed E-state index contributed by atoms with van der Waals surface area (Å²) in [7, 11) is 1.39. The molecule has 1 aromatic rings. The van der Waals surface area contributed by atoms with Crippen molar-refractivity contribution in [3.8, 4) is 5.75 Å². The molecule has 0 atom stereocenters. The summed E-state index contributed by atoms with van der Waals surface area (Å²) in [6.45, 7) is 3.69. The number of nitro benzene ring substituents is 1. The zero-order chi connectivity index (χ0) is 13.7. The highest BCUT2D eigenvalue weighted by Gasteiger charge is 2.15. The van der Waals surface area contributed by atoms with Gasteiger partial charge in [0.05, 0.1) is 12.0 Å². The monoisotopic (exact) mass is 251 g/mol. The van der Waals surface area contributed by atoms with E-state index in [9.17, 15) is 14.9 Å². The lowest BCUT2D eigenvalue weighted by molar-refractivity contribution is -0.385. The molecule has 0 aliphatic carbocycles. The van der Waals surface area contributed by atoms with Crippen LogP contribution >= 0.6 is 0 Å². The summed E-state index contributed by atoms with van der Waals surface area (Å²) in [5.41, 5.74) is 0.712. The minimum Gasteiger partial charge on any atom is -0.490 e. The van der Waals surface area contributed by atoms with Crippen LogP contribution in [-0.4, -0.2) is 17.8 Å². The lowest BCUT2D eigenvalue weighted by Gasteiger charge is -2.06. The van der Waals surface area contributed by atoms with Gasteiger partial charge in [0, 0.05) is 18.4 Å². The lowest BCUT2D eigenvalue weighted by Crippen LogP contribution is -2.08. The molecule has 98 valence electrons. The number of carbonyl (C=O) groups is 1. The van der Waals surface area contributed by atoms with E-state index in [-0.39, 0.29) is 23.1 Å². The summed E-state index contributed by atoms with van der Waals surface area (Å²) in [6.07, 6.45) is 0.920. The Hall–Kier alpha value is -1.91. The maximum atomic E-state index is 11.5. The first kappa shape index (κ1) is 14.2. The van der Waals surface area contributed by atoms with Crippen molar-refractivity contribution in [3.63, 3.8) is 0 Å². The average molecular weight is 251 g/mol. The fourth-order valence-corrected chi connectivity index (χ4v) is 1.59. The molecule has 0 aliphatic rings. The quantitative estimate of drug-likeness (QED) is 0.575. The lowest BCUT2D eigenvalue weighted by atomic mass is 10.0. The van der Waals surface area contributed by atoms with Gasteiger partial charge in [-0.2, -0.15) is 0 Å². The Morgan fingerprint density at radius 1 is 1.44 bits per heavy atom. The molecule has 5 nitrogen and oxygen atoms in total. The number of carbonyl (C=O) groups excluding carboxylic acids is 1. The van der Waals surface area contributed by atoms with Crippen LogP contribution in [0, 0.1) is 16.0 Å². The van der Waals surface area contributed by atoms with E-state index in [1.165, 1.54) is 13.2 Å². The minimum absolute atomic E-state index is 0.00164. The second-order valence-corrected chi connectivity index (χ2v) is 4.38. The Kier molecular flexibility index (Phi) is 4.83. The van der Waals surface area contributed by atoms with E-state index < -0.39 is 4.92 Å². The molecule has 0 N–H and O–H groups in total. The highest BCUT2D eigenvalue weighted by Crippen LogP contribution is 2.28. The molecule has 0 unspecified atom stereocenters. The van der Waals surface area contributed by atoms with E-state index in [2.05, 4.69) is 0 Å². The van der Waals surface area contributed by atoms with Gasteiger partial charge in [-0.15, -0.1) is 0 Å². The molecule has 1 rings (SSSR count). The molecule has 0 radical (unpaired) electrons. The van der Waals surface area contributed by atoms with Crippen molar-refractivity contribution in [2.24, 2.45) is 5.92 Å². The molecule has 0 heterocycles. The molecular weight excluding hydrogens is 234 g/mol. The normalized spacial score (nSPS) is 10.4. The van der Waals surface area contributed by atoms with Crippen LogP contribution < -0.4 is 4.74 Å². The number of aryl methyl sites for hydroxylation is 1. The molecule has 0 aliphatic heterocycles. The van der Waals surface area contributed by atoms with E-state index in [0.717, 1.165) is 5.56 Å². The highest BCUT2D eigenvalue weighted by molar-refractivity contribution is 5.80. The van der Waals surface area contributed by atoms with Crippen LogP contribution in [0.4, 0.5) is 5.69 Å². The van der Waals surface area contributed by atoms with Crippen LogP contribution in [0.2, 0.25) is 0 Å². The molecule has 5 heteroatoms. The number of hydrogen-bond acceptors (Lipinski definition) is 4. The predicted molar refractivity (Wildman–Crippen MR) is 67.8 cm³/mol. The third kappa shape index (κ3) is 3.55. The van der Waals surface area contributed by atoms with Crippen molar-refractivity contribution < 1.29 is 14.5 Å². The number of ketones is 1. The Morgan fingerprint density at radius 2 is 2.11 bits per heavy atom. The third-order valence-corrected chi connectivity index (χ3v) is 2.74. The number of benzene rings is 1. The Balaban J connectivity index is 2.82. The molecule has 0 saturated carbocycles. The summed E-state index contributed by atoms with van der Waals surface area (Å²) in [5.74, 6) is 0.394. The smallest absolute Gasteiger partial charge is 0.311 e. The van der Waals surface area contributed by atoms with E-state index in [1.54, 1.807) is 12.1 Å². The van der Waals surface area contributed by atoms with Gasteiger partial charge in [-0.3, -0.25) is 14.9 Å². The highest BCUT2D eigenvalue weighted by atomic mass is 16.6. The summed E-state index contributed by atoms with van der Waals surface area (Å²) in [5, 5.41) is 10.8. The summed E-state index contributed by atoms with van der Waals surface area (Å²) < 4.78 is 4.92. The van der Waals surface area contributed by atoms with Gasteiger partial charge in [0.2, 0.25) is 0 Å². The van der Waals surface area contributed by atoms with E-state index in [0.29, 0.717) is 12.8 Å². The maximum absolute atomic E-state index is 11.5. The zero-order valence-electron chi connectivity index (χ0n) is 10.8. The van der Waals surface area contributed by atoms with Gasteiger partial charge < -0.3 is 4.74 Å². The van der Waals surface area contributed by atoms with Crippen molar-refractivity contribution >= 4 is 11.5 Å².